The van der Waals surface area contributed by atoms with Crippen molar-refractivity contribution in [2.24, 2.45) is 0 Å². The molecule has 0 saturated heterocycles. The Morgan fingerprint density at radius 2 is 1.97 bits per heavy atom. The van der Waals surface area contributed by atoms with E-state index in [-0.39, 0.29) is 22.9 Å². The summed E-state index contributed by atoms with van der Waals surface area (Å²) in [5.41, 5.74) is 0.0804. The first kappa shape index (κ1) is 23.1. The number of benzene rings is 2. The normalized spacial score (nSPS) is 11.7. The van der Waals surface area contributed by atoms with E-state index in [1.165, 1.54) is 38.5 Å². The molecule has 34 heavy (non-hydrogen) atoms. The molecule has 0 aliphatic carbocycles. The first-order valence-corrected chi connectivity index (χ1v) is 11.3. The summed E-state index contributed by atoms with van der Waals surface area (Å²) in [5, 5.41) is 3.07. The lowest BCUT2D eigenvalue weighted by Crippen LogP contribution is -2.23. The Labute approximate surface area is 193 Å². The lowest BCUT2D eigenvalue weighted by Gasteiger charge is -2.13. The number of hydrogen-bond donors (Lipinski definition) is 2. The third-order valence-corrected chi connectivity index (χ3v) is 6.64. The molecule has 0 aliphatic rings. The summed E-state index contributed by atoms with van der Waals surface area (Å²) in [6, 6.07) is 8.00. The van der Waals surface area contributed by atoms with Crippen molar-refractivity contribution in [2.75, 3.05) is 19.4 Å². The topological polar surface area (TPSA) is 135 Å². The first-order valence-electron chi connectivity index (χ1n) is 9.85. The van der Waals surface area contributed by atoms with E-state index in [1.807, 2.05) is 0 Å². The zero-order valence-electron chi connectivity index (χ0n) is 18.2. The SMILES string of the molecule is Cc1cc2c(Oc3ccc(S(=O)(=O)N(C)C)c(F)c3)cc(C(=O)Nc3c[nH]c(=O)cn3)cc2o1. The second kappa shape index (κ2) is 8.72. The zero-order valence-corrected chi connectivity index (χ0v) is 19.1. The summed E-state index contributed by atoms with van der Waals surface area (Å²) >= 11 is 0. The van der Waals surface area contributed by atoms with E-state index in [4.69, 9.17) is 9.15 Å². The van der Waals surface area contributed by atoms with E-state index in [0.717, 1.165) is 22.6 Å². The van der Waals surface area contributed by atoms with Crippen LogP contribution in [0.1, 0.15) is 16.1 Å². The van der Waals surface area contributed by atoms with Crippen LogP contribution in [0.4, 0.5) is 10.2 Å². The van der Waals surface area contributed by atoms with Crippen LogP contribution in [0.15, 0.2) is 62.9 Å². The summed E-state index contributed by atoms with van der Waals surface area (Å²) in [4.78, 5) is 29.7. The van der Waals surface area contributed by atoms with Gasteiger partial charge < -0.3 is 19.5 Å². The number of furan rings is 1. The lowest BCUT2D eigenvalue weighted by atomic mass is 10.1. The molecule has 1 amide bonds. The van der Waals surface area contributed by atoms with Crippen LogP contribution in [-0.2, 0) is 10.0 Å². The lowest BCUT2D eigenvalue weighted by molar-refractivity contribution is 0.102. The second-order valence-electron chi connectivity index (χ2n) is 7.48. The monoisotopic (exact) mass is 486 g/mol. The molecule has 10 nitrogen and oxygen atoms in total. The quantitative estimate of drug-likeness (QED) is 0.427. The van der Waals surface area contributed by atoms with E-state index in [0.29, 0.717) is 16.7 Å². The number of halogens is 1. The Morgan fingerprint density at radius 1 is 1.21 bits per heavy atom. The second-order valence-corrected chi connectivity index (χ2v) is 9.60. The number of ether oxygens (including phenoxy) is 1. The van der Waals surface area contributed by atoms with Crippen molar-refractivity contribution in [2.45, 2.75) is 11.8 Å². The number of H-pyrrole nitrogens is 1. The maximum absolute atomic E-state index is 14.6. The predicted molar refractivity (Wildman–Crippen MR) is 121 cm³/mol. The van der Waals surface area contributed by atoms with Gasteiger partial charge in [-0.3, -0.25) is 9.59 Å². The van der Waals surface area contributed by atoms with Crippen LogP contribution in [0.3, 0.4) is 0 Å². The Hall–Kier alpha value is -4.03. The molecule has 0 fully saturated rings. The van der Waals surface area contributed by atoms with Crippen molar-refractivity contribution in [1.29, 1.82) is 0 Å². The highest BCUT2D eigenvalue weighted by Crippen LogP contribution is 2.35. The molecule has 2 aromatic heterocycles. The van der Waals surface area contributed by atoms with Crippen LogP contribution in [0.25, 0.3) is 11.0 Å². The van der Waals surface area contributed by atoms with Crippen LogP contribution < -0.4 is 15.6 Å². The predicted octanol–water partition coefficient (Wildman–Crippen LogP) is 3.26. The van der Waals surface area contributed by atoms with Gasteiger partial charge in [-0.1, -0.05) is 0 Å². The minimum Gasteiger partial charge on any atom is -0.461 e. The summed E-state index contributed by atoms with van der Waals surface area (Å²) < 4.78 is 51.5. The van der Waals surface area contributed by atoms with Gasteiger partial charge in [0.25, 0.3) is 11.5 Å². The van der Waals surface area contributed by atoms with Gasteiger partial charge >= 0.3 is 0 Å². The highest BCUT2D eigenvalue weighted by Gasteiger charge is 2.23. The van der Waals surface area contributed by atoms with Gasteiger partial charge in [0.1, 0.15) is 39.4 Å². The van der Waals surface area contributed by atoms with Crippen LogP contribution in [0, 0.1) is 12.7 Å². The van der Waals surface area contributed by atoms with Gasteiger partial charge in [-0.15, -0.1) is 0 Å². The molecule has 2 aromatic carbocycles. The average Bonchev–Trinajstić information content (AvgIpc) is 3.15. The van der Waals surface area contributed by atoms with Crippen molar-refractivity contribution in [3.8, 4) is 11.5 Å². The van der Waals surface area contributed by atoms with Crippen molar-refractivity contribution in [1.82, 2.24) is 14.3 Å². The maximum atomic E-state index is 14.6. The molecule has 0 saturated carbocycles. The summed E-state index contributed by atoms with van der Waals surface area (Å²) in [5.74, 6) is -0.643. The molecule has 0 bridgehead atoms. The third-order valence-electron chi connectivity index (χ3n) is 4.79. The van der Waals surface area contributed by atoms with E-state index < -0.39 is 32.2 Å². The molecule has 176 valence electrons. The van der Waals surface area contributed by atoms with E-state index >= 15 is 0 Å². The van der Waals surface area contributed by atoms with Gasteiger partial charge in [0, 0.05) is 31.9 Å². The van der Waals surface area contributed by atoms with Gasteiger partial charge in [-0.25, -0.2) is 22.1 Å². The number of amides is 1. The number of hydrogen-bond acceptors (Lipinski definition) is 7. The number of aryl methyl sites for hydroxylation is 1. The number of carbonyl (C=O) groups is 1. The molecule has 4 aromatic rings. The van der Waals surface area contributed by atoms with E-state index in [1.54, 1.807) is 13.0 Å². The highest BCUT2D eigenvalue weighted by atomic mass is 32.2. The maximum Gasteiger partial charge on any atom is 0.266 e. The molecule has 12 heteroatoms. The molecule has 0 aliphatic heterocycles. The number of aromatic nitrogens is 2. The van der Waals surface area contributed by atoms with Gasteiger partial charge in [0.05, 0.1) is 11.6 Å². The number of sulfonamides is 1. The number of anilines is 1. The van der Waals surface area contributed by atoms with Crippen LogP contribution in [0.5, 0.6) is 11.5 Å². The molecule has 2 heterocycles. The van der Waals surface area contributed by atoms with Crippen LogP contribution >= 0.6 is 0 Å². The minimum atomic E-state index is -3.97. The number of nitrogens with one attached hydrogen (secondary N) is 2. The van der Waals surface area contributed by atoms with Crippen molar-refractivity contribution >= 4 is 32.7 Å². The summed E-state index contributed by atoms with van der Waals surface area (Å²) in [7, 11) is -1.37. The molecule has 0 spiro atoms. The minimum absolute atomic E-state index is 0.0234. The number of nitrogens with zero attached hydrogens (tertiary/aromatic N) is 2. The Morgan fingerprint density at radius 3 is 2.62 bits per heavy atom. The molecule has 0 atom stereocenters. The van der Waals surface area contributed by atoms with Crippen LogP contribution in [-0.4, -0.2) is 42.7 Å². The fourth-order valence-corrected chi connectivity index (χ4v) is 4.07. The molecule has 0 unspecified atom stereocenters. The van der Waals surface area contributed by atoms with Crippen LogP contribution in [0.2, 0.25) is 0 Å². The molecular formula is C22H19FN4O6S. The number of fused-ring (bicyclic) bond motifs is 1. The Kier molecular flexibility index (Phi) is 5.94. The van der Waals surface area contributed by atoms with E-state index in [2.05, 4.69) is 15.3 Å². The Balaban J connectivity index is 1.70. The molecule has 2 N–H and O–H groups in total. The third kappa shape index (κ3) is 4.54. The molecule has 0 radical (unpaired) electrons. The molecule has 4 rings (SSSR count). The van der Waals surface area contributed by atoms with Gasteiger partial charge in [-0.2, -0.15) is 0 Å². The van der Waals surface area contributed by atoms with Gasteiger partial charge in [0.15, 0.2) is 0 Å². The number of rotatable bonds is 6. The van der Waals surface area contributed by atoms with Gasteiger partial charge in [-0.05, 0) is 37.3 Å². The van der Waals surface area contributed by atoms with Crippen molar-refractivity contribution < 1.29 is 26.8 Å². The first-order chi connectivity index (χ1) is 16.0. The van der Waals surface area contributed by atoms with E-state index in [9.17, 15) is 22.4 Å². The van der Waals surface area contributed by atoms with Crippen molar-refractivity contribution in [3.05, 3.63) is 76.3 Å². The highest BCUT2D eigenvalue weighted by molar-refractivity contribution is 7.89. The largest absolute Gasteiger partial charge is 0.461 e. The Bertz CT molecular complexity index is 1560. The fourth-order valence-electron chi connectivity index (χ4n) is 3.13. The van der Waals surface area contributed by atoms with Crippen molar-refractivity contribution in [3.63, 3.8) is 0 Å². The number of carbonyl (C=O) groups excluding carboxylic acids is 1. The molecular weight excluding hydrogens is 467 g/mol. The average molecular weight is 486 g/mol. The van der Waals surface area contributed by atoms with Gasteiger partial charge in [0.2, 0.25) is 10.0 Å². The number of aromatic amines is 1. The summed E-state index contributed by atoms with van der Waals surface area (Å²) in [6.45, 7) is 1.72. The fraction of sp³-hybridized carbons (Fsp3) is 0.136. The zero-order chi connectivity index (χ0) is 24.6. The standard InChI is InChI=1S/C22H19FN4O6S/c1-12-6-15-17(32-12)7-13(22(29)26-20-10-25-21(28)11-24-20)8-18(15)33-14-4-5-19(16(23)9-14)34(30,31)27(2)3/h4-11H,1-3H3,(H,25,28)(H,24,26,29). The smallest absolute Gasteiger partial charge is 0.266 e. The summed E-state index contributed by atoms with van der Waals surface area (Å²) in [6.07, 6.45) is 2.28.